The Morgan fingerprint density at radius 1 is 1.25 bits per heavy atom. The molecule has 0 bridgehead atoms. The smallest absolute Gasteiger partial charge is 0.319 e. The highest BCUT2D eigenvalue weighted by molar-refractivity contribution is 7.98. The van der Waals surface area contributed by atoms with Gasteiger partial charge in [0.25, 0.3) is 0 Å². The highest BCUT2D eigenvalue weighted by Gasteiger charge is 2.28. The first kappa shape index (κ1) is 14.7. The third-order valence-corrected chi connectivity index (χ3v) is 3.71. The zero-order valence-electron chi connectivity index (χ0n) is 11.4. The van der Waals surface area contributed by atoms with Crippen molar-refractivity contribution >= 4 is 29.4 Å². The van der Waals surface area contributed by atoms with E-state index in [4.69, 9.17) is 0 Å². The number of carbonyl (C=O) groups is 2. The summed E-state index contributed by atoms with van der Waals surface area (Å²) in [4.78, 5) is 24.1. The quantitative estimate of drug-likeness (QED) is 0.555. The van der Waals surface area contributed by atoms with Crippen LogP contribution in [0.5, 0.6) is 0 Å². The van der Waals surface area contributed by atoms with E-state index < -0.39 is 0 Å². The fourth-order valence-electron chi connectivity index (χ4n) is 1.73. The predicted octanol–water partition coefficient (Wildman–Crippen LogP) is 2.06. The van der Waals surface area contributed by atoms with E-state index in [1.807, 2.05) is 30.5 Å². The molecule has 0 unspecified atom stereocenters. The van der Waals surface area contributed by atoms with Crippen LogP contribution in [0, 0.1) is 5.92 Å². The molecule has 1 fully saturated rings. The summed E-state index contributed by atoms with van der Waals surface area (Å²) in [5, 5.41) is 8.27. The number of benzene rings is 1. The van der Waals surface area contributed by atoms with Crippen LogP contribution in [0.1, 0.15) is 12.8 Å². The Hall–Kier alpha value is -1.69. The summed E-state index contributed by atoms with van der Waals surface area (Å²) in [7, 11) is 0. The summed E-state index contributed by atoms with van der Waals surface area (Å²) in [6, 6.07) is 7.38. The third-order valence-electron chi connectivity index (χ3n) is 2.99. The van der Waals surface area contributed by atoms with Crippen molar-refractivity contribution in [2.75, 3.05) is 24.7 Å². The number of rotatable bonds is 6. The van der Waals surface area contributed by atoms with Crippen LogP contribution in [-0.4, -0.2) is 31.3 Å². The zero-order chi connectivity index (χ0) is 14.4. The van der Waals surface area contributed by atoms with Gasteiger partial charge in [0.1, 0.15) is 0 Å². The van der Waals surface area contributed by atoms with Crippen molar-refractivity contribution < 1.29 is 9.59 Å². The Bertz CT molecular complexity index is 489. The molecule has 1 aromatic rings. The minimum atomic E-state index is -0.260. The standard InChI is InChI=1S/C14H19N3O2S/c1-20-12-4-2-3-11(9-12)17-14(19)16-8-7-15-13(18)10-5-6-10/h2-4,9-10H,5-8H2,1H3,(H,15,18)(H2,16,17,19). The molecule has 0 heterocycles. The third kappa shape index (κ3) is 4.77. The lowest BCUT2D eigenvalue weighted by atomic mass is 10.3. The average Bonchev–Trinajstić information content (AvgIpc) is 3.28. The van der Waals surface area contributed by atoms with Crippen molar-refractivity contribution in [2.24, 2.45) is 5.92 Å². The van der Waals surface area contributed by atoms with Crippen LogP contribution in [0.15, 0.2) is 29.2 Å². The molecule has 0 aromatic heterocycles. The lowest BCUT2D eigenvalue weighted by molar-refractivity contribution is -0.122. The second-order valence-corrected chi connectivity index (χ2v) is 5.56. The lowest BCUT2D eigenvalue weighted by Gasteiger charge is -2.09. The Morgan fingerprint density at radius 2 is 2.00 bits per heavy atom. The number of nitrogens with one attached hydrogen (secondary N) is 3. The molecule has 3 amide bonds. The highest BCUT2D eigenvalue weighted by Crippen LogP contribution is 2.28. The number of anilines is 1. The summed E-state index contributed by atoms with van der Waals surface area (Å²) in [6.45, 7) is 0.889. The fraction of sp³-hybridized carbons (Fsp3) is 0.429. The number of carbonyl (C=O) groups excluding carboxylic acids is 2. The second kappa shape index (κ2) is 7.19. The van der Waals surface area contributed by atoms with Crippen molar-refractivity contribution in [1.29, 1.82) is 0 Å². The molecule has 20 heavy (non-hydrogen) atoms. The van der Waals surface area contributed by atoms with Crippen LogP contribution < -0.4 is 16.0 Å². The minimum absolute atomic E-state index is 0.0971. The summed E-state index contributed by atoms with van der Waals surface area (Å²) in [6.07, 6.45) is 3.97. The average molecular weight is 293 g/mol. The lowest BCUT2D eigenvalue weighted by Crippen LogP contribution is -2.37. The summed E-state index contributed by atoms with van der Waals surface area (Å²) in [5.41, 5.74) is 0.761. The van der Waals surface area contributed by atoms with Crippen molar-refractivity contribution in [1.82, 2.24) is 10.6 Å². The molecule has 0 aliphatic heterocycles. The Balaban J connectivity index is 1.65. The molecular formula is C14H19N3O2S. The van der Waals surface area contributed by atoms with Gasteiger partial charge in [-0.25, -0.2) is 4.79 Å². The van der Waals surface area contributed by atoms with Crippen molar-refractivity contribution in [2.45, 2.75) is 17.7 Å². The molecule has 0 spiro atoms. The molecule has 0 atom stereocenters. The van der Waals surface area contributed by atoms with Gasteiger partial charge < -0.3 is 16.0 Å². The molecule has 3 N–H and O–H groups in total. The van der Waals surface area contributed by atoms with E-state index in [1.165, 1.54) is 0 Å². The van der Waals surface area contributed by atoms with Crippen LogP contribution >= 0.6 is 11.8 Å². The van der Waals surface area contributed by atoms with Crippen LogP contribution in [0.3, 0.4) is 0 Å². The van der Waals surface area contributed by atoms with E-state index in [2.05, 4.69) is 16.0 Å². The molecule has 1 saturated carbocycles. The fourth-order valence-corrected chi connectivity index (χ4v) is 2.19. The molecule has 5 nitrogen and oxygen atoms in total. The maximum Gasteiger partial charge on any atom is 0.319 e. The van der Waals surface area contributed by atoms with Gasteiger partial charge in [-0.3, -0.25) is 4.79 Å². The van der Waals surface area contributed by atoms with Gasteiger partial charge in [0, 0.05) is 29.6 Å². The molecule has 1 aliphatic rings. The minimum Gasteiger partial charge on any atom is -0.354 e. The number of urea groups is 1. The van der Waals surface area contributed by atoms with Crippen LogP contribution in [0.25, 0.3) is 0 Å². The van der Waals surface area contributed by atoms with E-state index >= 15 is 0 Å². The summed E-state index contributed by atoms with van der Waals surface area (Å²) < 4.78 is 0. The maximum atomic E-state index is 11.7. The Labute approximate surface area is 122 Å². The van der Waals surface area contributed by atoms with E-state index in [0.717, 1.165) is 23.4 Å². The summed E-state index contributed by atoms with van der Waals surface area (Å²) >= 11 is 1.62. The van der Waals surface area contributed by atoms with Gasteiger partial charge in [0.15, 0.2) is 0 Å². The van der Waals surface area contributed by atoms with Crippen molar-refractivity contribution in [3.8, 4) is 0 Å². The van der Waals surface area contributed by atoms with Gasteiger partial charge in [-0.15, -0.1) is 11.8 Å². The second-order valence-electron chi connectivity index (χ2n) is 4.68. The van der Waals surface area contributed by atoms with E-state index in [-0.39, 0.29) is 17.9 Å². The highest BCUT2D eigenvalue weighted by atomic mass is 32.2. The van der Waals surface area contributed by atoms with Crippen LogP contribution in [0.4, 0.5) is 10.5 Å². The Kier molecular flexibility index (Phi) is 5.29. The number of thioether (sulfide) groups is 1. The molecule has 108 valence electrons. The van der Waals surface area contributed by atoms with Crippen molar-refractivity contribution in [3.63, 3.8) is 0 Å². The molecule has 0 saturated heterocycles. The van der Waals surface area contributed by atoms with E-state index in [9.17, 15) is 9.59 Å². The normalized spacial score (nSPS) is 13.7. The van der Waals surface area contributed by atoms with Crippen LogP contribution in [0.2, 0.25) is 0 Å². The van der Waals surface area contributed by atoms with E-state index in [1.54, 1.807) is 11.8 Å². The molecule has 1 aromatic carbocycles. The molecule has 0 radical (unpaired) electrons. The van der Waals surface area contributed by atoms with Crippen LogP contribution in [-0.2, 0) is 4.79 Å². The first-order chi connectivity index (χ1) is 9.69. The van der Waals surface area contributed by atoms with Gasteiger partial charge in [-0.2, -0.15) is 0 Å². The Morgan fingerprint density at radius 3 is 2.70 bits per heavy atom. The van der Waals surface area contributed by atoms with Gasteiger partial charge in [-0.05, 0) is 37.3 Å². The SMILES string of the molecule is CSc1cccc(NC(=O)NCCNC(=O)C2CC2)c1. The predicted molar refractivity (Wildman–Crippen MR) is 81.0 cm³/mol. The number of hydrogen-bond donors (Lipinski definition) is 3. The molecule has 1 aliphatic carbocycles. The maximum absolute atomic E-state index is 11.7. The van der Waals surface area contributed by atoms with E-state index in [0.29, 0.717) is 13.1 Å². The largest absolute Gasteiger partial charge is 0.354 e. The van der Waals surface area contributed by atoms with Gasteiger partial charge in [0.05, 0.1) is 0 Å². The van der Waals surface area contributed by atoms with Gasteiger partial charge in [0.2, 0.25) is 5.91 Å². The number of hydrogen-bond acceptors (Lipinski definition) is 3. The number of amides is 3. The van der Waals surface area contributed by atoms with Gasteiger partial charge in [-0.1, -0.05) is 6.07 Å². The molecular weight excluding hydrogens is 274 g/mol. The monoisotopic (exact) mass is 293 g/mol. The topological polar surface area (TPSA) is 70.2 Å². The molecule has 2 rings (SSSR count). The summed E-state index contributed by atoms with van der Waals surface area (Å²) in [5.74, 6) is 0.304. The van der Waals surface area contributed by atoms with Crippen molar-refractivity contribution in [3.05, 3.63) is 24.3 Å². The zero-order valence-corrected chi connectivity index (χ0v) is 12.3. The molecule has 6 heteroatoms. The van der Waals surface area contributed by atoms with Gasteiger partial charge >= 0.3 is 6.03 Å². The first-order valence-corrected chi connectivity index (χ1v) is 7.88. The first-order valence-electron chi connectivity index (χ1n) is 6.65.